The quantitative estimate of drug-likeness (QED) is 0.862. The average Bonchev–Trinajstić information content (AvgIpc) is 2.93. The summed E-state index contributed by atoms with van der Waals surface area (Å²) < 4.78 is 48.7. The third-order valence-corrected chi connectivity index (χ3v) is 5.66. The van der Waals surface area contributed by atoms with Crippen molar-refractivity contribution in [1.82, 2.24) is 5.32 Å². The standard InChI is InChI=1S/C17H16FNO4S/c18-11-1-4-13(5-2-11)24(20,21)23-12-3-6-16-15(9-12)14-7-8-19-10-17(14)22-16/h1-6,9,14,17,19H,7-8,10H2. The van der Waals surface area contributed by atoms with E-state index in [-0.39, 0.29) is 22.7 Å². The first-order valence-electron chi connectivity index (χ1n) is 7.74. The van der Waals surface area contributed by atoms with Crippen LogP contribution in [0.2, 0.25) is 0 Å². The number of hydrogen-bond donors (Lipinski definition) is 1. The van der Waals surface area contributed by atoms with Crippen LogP contribution in [0.4, 0.5) is 4.39 Å². The lowest BCUT2D eigenvalue weighted by Gasteiger charge is -2.24. The van der Waals surface area contributed by atoms with Crippen molar-refractivity contribution in [2.24, 2.45) is 0 Å². The maximum absolute atomic E-state index is 13.0. The lowest BCUT2D eigenvalue weighted by molar-refractivity contribution is 0.177. The van der Waals surface area contributed by atoms with E-state index >= 15 is 0 Å². The van der Waals surface area contributed by atoms with Crippen molar-refractivity contribution in [3.63, 3.8) is 0 Å². The van der Waals surface area contributed by atoms with Gasteiger partial charge in [-0.25, -0.2) is 4.39 Å². The number of ether oxygens (including phenoxy) is 1. The summed E-state index contributed by atoms with van der Waals surface area (Å²) >= 11 is 0. The number of fused-ring (bicyclic) bond motifs is 3. The van der Waals surface area contributed by atoms with E-state index in [1.807, 2.05) is 0 Å². The van der Waals surface area contributed by atoms with Gasteiger partial charge in [-0.1, -0.05) is 0 Å². The highest BCUT2D eigenvalue weighted by Crippen LogP contribution is 2.43. The van der Waals surface area contributed by atoms with E-state index in [0.29, 0.717) is 0 Å². The van der Waals surface area contributed by atoms with Gasteiger partial charge in [-0.2, -0.15) is 8.42 Å². The number of hydrogen-bond acceptors (Lipinski definition) is 5. The summed E-state index contributed by atoms with van der Waals surface area (Å²) in [6, 6.07) is 9.59. The molecule has 2 unspecified atom stereocenters. The molecule has 2 aromatic carbocycles. The maximum Gasteiger partial charge on any atom is 0.339 e. The average molecular weight is 349 g/mol. The van der Waals surface area contributed by atoms with Gasteiger partial charge in [0.25, 0.3) is 0 Å². The molecule has 4 rings (SSSR count). The summed E-state index contributed by atoms with van der Waals surface area (Å²) in [7, 11) is -4.00. The van der Waals surface area contributed by atoms with E-state index < -0.39 is 15.9 Å². The minimum Gasteiger partial charge on any atom is -0.488 e. The van der Waals surface area contributed by atoms with E-state index in [1.54, 1.807) is 18.2 Å². The molecule has 1 N–H and O–H groups in total. The molecule has 0 radical (unpaired) electrons. The first-order chi connectivity index (χ1) is 11.5. The Kier molecular flexibility index (Phi) is 3.69. The fourth-order valence-electron chi connectivity index (χ4n) is 3.22. The van der Waals surface area contributed by atoms with Gasteiger partial charge in [0.1, 0.15) is 28.3 Å². The second-order valence-corrected chi connectivity index (χ2v) is 7.49. The van der Waals surface area contributed by atoms with Crippen LogP contribution in [0.25, 0.3) is 0 Å². The zero-order chi connectivity index (χ0) is 16.7. The largest absolute Gasteiger partial charge is 0.488 e. The predicted octanol–water partition coefficient (Wildman–Crippen LogP) is 2.43. The van der Waals surface area contributed by atoms with Crippen molar-refractivity contribution in [2.75, 3.05) is 13.1 Å². The number of halogens is 1. The zero-order valence-corrected chi connectivity index (χ0v) is 13.6. The van der Waals surface area contributed by atoms with Gasteiger partial charge < -0.3 is 14.2 Å². The fourth-order valence-corrected chi connectivity index (χ4v) is 4.15. The van der Waals surface area contributed by atoms with Crippen LogP contribution >= 0.6 is 0 Å². The smallest absolute Gasteiger partial charge is 0.339 e. The number of rotatable bonds is 3. The van der Waals surface area contributed by atoms with Crippen molar-refractivity contribution in [2.45, 2.75) is 23.3 Å². The van der Waals surface area contributed by atoms with Gasteiger partial charge in [-0.3, -0.25) is 0 Å². The Morgan fingerprint density at radius 2 is 1.96 bits per heavy atom. The van der Waals surface area contributed by atoms with Crippen molar-refractivity contribution in [3.8, 4) is 11.5 Å². The first-order valence-corrected chi connectivity index (χ1v) is 9.15. The molecule has 7 heteroatoms. The summed E-state index contributed by atoms with van der Waals surface area (Å²) in [5, 5.41) is 3.29. The predicted molar refractivity (Wildman–Crippen MR) is 85.3 cm³/mol. The first kappa shape index (κ1) is 15.4. The van der Waals surface area contributed by atoms with Crippen molar-refractivity contribution in [1.29, 1.82) is 0 Å². The zero-order valence-electron chi connectivity index (χ0n) is 12.7. The Morgan fingerprint density at radius 1 is 1.17 bits per heavy atom. The topological polar surface area (TPSA) is 64.6 Å². The highest BCUT2D eigenvalue weighted by molar-refractivity contribution is 7.87. The Hall–Kier alpha value is -2.12. The Balaban J connectivity index is 1.61. The summed E-state index contributed by atoms with van der Waals surface area (Å²) in [4.78, 5) is -0.0830. The molecule has 5 nitrogen and oxygen atoms in total. The molecule has 0 aliphatic carbocycles. The number of nitrogens with one attached hydrogen (secondary N) is 1. The van der Waals surface area contributed by atoms with Crippen LogP contribution in [0.3, 0.4) is 0 Å². The second-order valence-electron chi connectivity index (χ2n) is 5.95. The molecule has 2 aliphatic rings. The normalized spacial score (nSPS) is 22.4. The van der Waals surface area contributed by atoms with Gasteiger partial charge in [0, 0.05) is 18.0 Å². The van der Waals surface area contributed by atoms with Crippen LogP contribution in [0.5, 0.6) is 11.5 Å². The third kappa shape index (κ3) is 2.74. The maximum atomic E-state index is 13.0. The Morgan fingerprint density at radius 3 is 2.75 bits per heavy atom. The van der Waals surface area contributed by atoms with Crippen LogP contribution in [0.1, 0.15) is 17.9 Å². The van der Waals surface area contributed by atoms with Crippen molar-refractivity contribution in [3.05, 3.63) is 53.8 Å². The van der Waals surface area contributed by atoms with Crippen LogP contribution in [-0.4, -0.2) is 27.6 Å². The molecule has 2 aromatic rings. The number of piperidine rings is 1. The molecule has 126 valence electrons. The molecular weight excluding hydrogens is 333 g/mol. The van der Waals surface area contributed by atoms with E-state index in [2.05, 4.69) is 5.32 Å². The van der Waals surface area contributed by atoms with Crippen molar-refractivity contribution < 1.29 is 21.7 Å². The summed E-state index contributed by atoms with van der Waals surface area (Å²) in [5.41, 5.74) is 0.980. The van der Waals surface area contributed by atoms with E-state index in [4.69, 9.17) is 8.92 Å². The Labute approximate surface area is 139 Å². The minimum absolute atomic E-state index is 0.0812. The molecule has 1 fully saturated rings. The molecule has 0 bridgehead atoms. The molecule has 0 saturated carbocycles. The van der Waals surface area contributed by atoms with Gasteiger partial charge in [-0.05, 0) is 55.4 Å². The molecule has 0 amide bonds. The third-order valence-electron chi connectivity index (χ3n) is 4.39. The van der Waals surface area contributed by atoms with Crippen LogP contribution < -0.4 is 14.2 Å². The molecule has 2 atom stereocenters. The van der Waals surface area contributed by atoms with Gasteiger partial charge in [0.2, 0.25) is 0 Å². The van der Waals surface area contributed by atoms with Gasteiger partial charge in [0.15, 0.2) is 0 Å². The fraction of sp³-hybridized carbons (Fsp3) is 0.294. The van der Waals surface area contributed by atoms with E-state index in [0.717, 1.165) is 43.0 Å². The van der Waals surface area contributed by atoms with E-state index in [9.17, 15) is 12.8 Å². The number of benzene rings is 2. The van der Waals surface area contributed by atoms with Crippen LogP contribution in [0.15, 0.2) is 47.4 Å². The summed E-state index contributed by atoms with van der Waals surface area (Å²) in [6.07, 6.45) is 1.02. The lowest BCUT2D eigenvalue weighted by atomic mass is 9.90. The van der Waals surface area contributed by atoms with Crippen LogP contribution in [0, 0.1) is 5.82 Å². The van der Waals surface area contributed by atoms with Crippen LogP contribution in [-0.2, 0) is 10.1 Å². The van der Waals surface area contributed by atoms with Gasteiger partial charge in [0.05, 0.1) is 0 Å². The SMILES string of the molecule is O=S(=O)(Oc1ccc2c(c1)C1CCNCC1O2)c1ccc(F)cc1. The molecule has 0 spiro atoms. The monoisotopic (exact) mass is 349 g/mol. The highest BCUT2D eigenvalue weighted by atomic mass is 32.2. The molecule has 0 aromatic heterocycles. The summed E-state index contributed by atoms with van der Waals surface area (Å²) in [5.74, 6) is 0.764. The minimum atomic E-state index is -4.00. The molecule has 24 heavy (non-hydrogen) atoms. The molecule has 1 saturated heterocycles. The van der Waals surface area contributed by atoms with Gasteiger partial charge >= 0.3 is 10.1 Å². The second kappa shape index (κ2) is 5.75. The lowest BCUT2D eigenvalue weighted by Crippen LogP contribution is -2.39. The van der Waals surface area contributed by atoms with Crippen molar-refractivity contribution >= 4 is 10.1 Å². The molecular formula is C17H16FNO4S. The molecule has 2 aliphatic heterocycles. The molecule has 2 heterocycles. The highest BCUT2D eigenvalue weighted by Gasteiger charge is 2.36. The van der Waals surface area contributed by atoms with E-state index in [1.165, 1.54) is 12.1 Å². The Bertz CT molecular complexity index is 867. The van der Waals surface area contributed by atoms with Gasteiger partial charge in [-0.15, -0.1) is 0 Å². The summed E-state index contributed by atoms with van der Waals surface area (Å²) in [6.45, 7) is 1.69.